The van der Waals surface area contributed by atoms with Crippen LogP contribution in [0.5, 0.6) is 11.5 Å². The van der Waals surface area contributed by atoms with Crippen molar-refractivity contribution in [1.29, 1.82) is 0 Å². The minimum atomic E-state index is -1.48. The number of aromatic carboxylic acids is 1. The maximum Gasteiger partial charge on any atom is 0.340 e. The molecule has 3 rings (SSSR count). The third-order valence-electron chi connectivity index (χ3n) is 4.84. The summed E-state index contributed by atoms with van der Waals surface area (Å²) in [6, 6.07) is 6.56. The number of phenolic OH excluding ortho intramolecular Hbond substituents is 2. The van der Waals surface area contributed by atoms with Gasteiger partial charge in [-0.15, -0.1) is 0 Å². The highest BCUT2D eigenvalue weighted by Gasteiger charge is 2.23. The maximum absolute atomic E-state index is 14.5. The van der Waals surface area contributed by atoms with Crippen LogP contribution in [0, 0.1) is 5.82 Å². The molecule has 9 heteroatoms. The number of hydrogen-bond donors (Lipinski definition) is 4. The molecule has 0 spiro atoms. The molecular weight excluding hydrogens is 381 g/mol. The van der Waals surface area contributed by atoms with E-state index in [9.17, 15) is 29.3 Å². The second-order valence-corrected chi connectivity index (χ2v) is 6.99. The van der Waals surface area contributed by atoms with Crippen molar-refractivity contribution in [2.24, 2.45) is 0 Å². The molecule has 2 aromatic carbocycles. The Balaban J connectivity index is 1.84. The second kappa shape index (κ2) is 8.36. The van der Waals surface area contributed by atoms with E-state index in [0.717, 1.165) is 13.1 Å². The summed E-state index contributed by atoms with van der Waals surface area (Å²) in [6.07, 6.45) is -0.187. The number of aromatic hydroxyl groups is 2. The van der Waals surface area contributed by atoms with Crippen LogP contribution in [0.3, 0.4) is 0 Å². The van der Waals surface area contributed by atoms with E-state index >= 15 is 0 Å². The Labute approximate surface area is 166 Å². The van der Waals surface area contributed by atoms with Crippen molar-refractivity contribution in [1.82, 2.24) is 4.90 Å². The summed E-state index contributed by atoms with van der Waals surface area (Å²) in [7, 11) is 1.98. The number of amides is 1. The minimum absolute atomic E-state index is 0.126. The summed E-state index contributed by atoms with van der Waals surface area (Å²) in [4.78, 5) is 28.0. The number of nitrogens with one attached hydrogen (secondary N) is 1. The maximum atomic E-state index is 14.5. The number of carbonyl (C=O) groups excluding carboxylic acids is 1. The van der Waals surface area contributed by atoms with Gasteiger partial charge in [-0.25, -0.2) is 9.18 Å². The predicted octanol–water partition coefficient (Wildman–Crippen LogP) is 1.87. The van der Waals surface area contributed by atoms with Gasteiger partial charge in [0.1, 0.15) is 11.4 Å². The van der Waals surface area contributed by atoms with E-state index in [0.29, 0.717) is 24.3 Å². The van der Waals surface area contributed by atoms with Crippen molar-refractivity contribution in [2.75, 3.05) is 43.4 Å². The van der Waals surface area contributed by atoms with Crippen LogP contribution in [0.1, 0.15) is 15.9 Å². The van der Waals surface area contributed by atoms with Gasteiger partial charge in [-0.3, -0.25) is 4.79 Å². The minimum Gasteiger partial charge on any atom is -0.504 e. The Bertz CT molecular complexity index is 942. The molecule has 0 radical (unpaired) electrons. The largest absolute Gasteiger partial charge is 0.504 e. The lowest BCUT2D eigenvalue weighted by molar-refractivity contribution is -0.115. The van der Waals surface area contributed by atoms with E-state index in [2.05, 4.69) is 10.2 Å². The van der Waals surface area contributed by atoms with Crippen LogP contribution in [-0.2, 0) is 11.2 Å². The highest BCUT2D eigenvalue weighted by Crippen LogP contribution is 2.29. The zero-order valence-corrected chi connectivity index (χ0v) is 15.9. The number of anilines is 2. The van der Waals surface area contributed by atoms with Gasteiger partial charge in [0.05, 0.1) is 12.1 Å². The van der Waals surface area contributed by atoms with E-state index in [1.54, 1.807) is 0 Å². The van der Waals surface area contributed by atoms with Gasteiger partial charge >= 0.3 is 5.97 Å². The third kappa shape index (κ3) is 4.75. The number of likely N-dealkylation sites (N-methyl/N-ethyl adjacent to an activating group) is 1. The van der Waals surface area contributed by atoms with E-state index < -0.39 is 23.3 Å². The lowest BCUT2D eigenvalue weighted by Crippen LogP contribution is -2.44. The molecule has 4 N–H and O–H groups in total. The first-order valence-electron chi connectivity index (χ1n) is 9.05. The molecule has 0 aliphatic carbocycles. The van der Waals surface area contributed by atoms with Crippen LogP contribution in [0.25, 0.3) is 0 Å². The first-order valence-corrected chi connectivity index (χ1v) is 9.05. The lowest BCUT2D eigenvalue weighted by Gasteiger charge is -2.34. The number of piperazine rings is 1. The van der Waals surface area contributed by atoms with Crippen LogP contribution in [0.4, 0.5) is 15.8 Å². The van der Waals surface area contributed by atoms with Crippen LogP contribution >= 0.6 is 0 Å². The van der Waals surface area contributed by atoms with Crippen molar-refractivity contribution >= 4 is 23.3 Å². The first-order chi connectivity index (χ1) is 13.7. The normalized spacial score (nSPS) is 14.6. The molecule has 2 aromatic rings. The Morgan fingerprint density at radius 2 is 1.76 bits per heavy atom. The van der Waals surface area contributed by atoms with Crippen molar-refractivity contribution in [3.05, 3.63) is 47.3 Å². The van der Waals surface area contributed by atoms with Gasteiger partial charge in [-0.05, 0) is 36.9 Å². The lowest BCUT2D eigenvalue weighted by atomic mass is 10.1. The topological polar surface area (TPSA) is 113 Å². The van der Waals surface area contributed by atoms with Crippen molar-refractivity contribution in [3.8, 4) is 11.5 Å². The number of benzene rings is 2. The van der Waals surface area contributed by atoms with Gasteiger partial charge in [0.25, 0.3) is 0 Å². The number of carboxylic acids is 1. The molecule has 0 atom stereocenters. The quantitative estimate of drug-likeness (QED) is 0.564. The van der Waals surface area contributed by atoms with Crippen LogP contribution in [-0.4, -0.2) is 65.3 Å². The summed E-state index contributed by atoms with van der Waals surface area (Å²) in [6.45, 7) is 2.88. The predicted molar refractivity (Wildman–Crippen MR) is 105 cm³/mol. The first kappa shape index (κ1) is 20.4. The summed E-state index contributed by atoms with van der Waals surface area (Å²) < 4.78 is 14.5. The van der Waals surface area contributed by atoms with Crippen LogP contribution < -0.4 is 10.2 Å². The summed E-state index contributed by atoms with van der Waals surface area (Å²) in [5, 5.41) is 30.7. The van der Waals surface area contributed by atoms with Gasteiger partial charge in [0, 0.05) is 31.9 Å². The molecule has 1 aliphatic heterocycles. The average Bonchev–Trinajstić information content (AvgIpc) is 2.64. The molecule has 8 nitrogen and oxygen atoms in total. The molecule has 1 amide bonds. The van der Waals surface area contributed by atoms with E-state index in [4.69, 9.17) is 0 Å². The van der Waals surface area contributed by atoms with Crippen molar-refractivity contribution in [3.63, 3.8) is 0 Å². The van der Waals surface area contributed by atoms with E-state index in [1.165, 1.54) is 30.3 Å². The van der Waals surface area contributed by atoms with Gasteiger partial charge in [0.2, 0.25) is 5.91 Å². The monoisotopic (exact) mass is 403 g/mol. The van der Waals surface area contributed by atoms with Crippen LogP contribution in [0.2, 0.25) is 0 Å². The number of carboxylic acid groups (broad SMARTS) is 1. The smallest absolute Gasteiger partial charge is 0.340 e. The van der Waals surface area contributed by atoms with Crippen molar-refractivity contribution in [2.45, 2.75) is 6.42 Å². The molecular formula is C20H22FN3O5. The number of carbonyl (C=O) groups is 2. The summed E-state index contributed by atoms with van der Waals surface area (Å²) >= 11 is 0. The summed E-state index contributed by atoms with van der Waals surface area (Å²) in [5.74, 6) is -3.67. The van der Waals surface area contributed by atoms with Crippen LogP contribution in [0.15, 0.2) is 30.3 Å². The molecule has 1 heterocycles. The molecule has 0 aromatic heterocycles. The SMILES string of the molecule is CN1CCN(c2cc(F)c(C(=O)O)c(NC(=O)Cc3ccc(O)c(O)c3)c2)CC1. The fourth-order valence-corrected chi connectivity index (χ4v) is 3.21. The Kier molecular flexibility index (Phi) is 5.88. The molecule has 1 aliphatic rings. The van der Waals surface area contributed by atoms with Gasteiger partial charge in [-0.2, -0.15) is 0 Å². The molecule has 1 saturated heterocycles. The van der Waals surface area contributed by atoms with Gasteiger partial charge in [0.15, 0.2) is 11.5 Å². The number of halogens is 1. The van der Waals surface area contributed by atoms with Gasteiger partial charge < -0.3 is 30.4 Å². The third-order valence-corrected chi connectivity index (χ3v) is 4.84. The number of phenols is 2. The Morgan fingerprint density at radius 3 is 2.38 bits per heavy atom. The highest BCUT2D eigenvalue weighted by atomic mass is 19.1. The number of hydrogen-bond acceptors (Lipinski definition) is 6. The zero-order chi connectivity index (χ0) is 21.1. The molecule has 0 bridgehead atoms. The molecule has 0 unspecified atom stereocenters. The zero-order valence-electron chi connectivity index (χ0n) is 15.9. The molecule has 29 heavy (non-hydrogen) atoms. The standard InChI is InChI=1S/C20H22FN3O5/c1-23-4-6-24(7-5-23)13-10-14(21)19(20(28)29)15(11-13)22-18(27)9-12-2-3-16(25)17(26)8-12/h2-3,8,10-11,25-26H,4-7,9H2,1H3,(H,22,27)(H,28,29). The Hall–Kier alpha value is -3.33. The fraction of sp³-hybridized carbons (Fsp3) is 0.300. The number of nitrogens with zero attached hydrogens (tertiary/aromatic N) is 2. The Morgan fingerprint density at radius 1 is 1.07 bits per heavy atom. The fourth-order valence-electron chi connectivity index (χ4n) is 3.21. The number of rotatable bonds is 5. The summed E-state index contributed by atoms with van der Waals surface area (Å²) in [5.41, 5.74) is 0.174. The second-order valence-electron chi connectivity index (χ2n) is 6.99. The average molecular weight is 403 g/mol. The van der Waals surface area contributed by atoms with E-state index in [-0.39, 0.29) is 23.6 Å². The van der Waals surface area contributed by atoms with Crippen molar-refractivity contribution < 1.29 is 29.3 Å². The molecule has 154 valence electrons. The van der Waals surface area contributed by atoms with Gasteiger partial charge in [-0.1, -0.05) is 6.07 Å². The highest BCUT2D eigenvalue weighted by molar-refractivity contribution is 6.02. The van der Waals surface area contributed by atoms with E-state index in [1.807, 2.05) is 11.9 Å². The molecule has 1 fully saturated rings. The molecule has 0 saturated carbocycles.